The second-order valence-electron chi connectivity index (χ2n) is 3.74. The molecule has 6 heteroatoms. The van der Waals surface area contributed by atoms with E-state index in [0.29, 0.717) is 12.6 Å². The summed E-state index contributed by atoms with van der Waals surface area (Å²) in [6.45, 7) is 0.676. The number of rotatable bonds is 4. The Morgan fingerprint density at radius 2 is 2.56 bits per heavy atom. The summed E-state index contributed by atoms with van der Waals surface area (Å²) in [7, 11) is 0. The third-order valence-corrected chi connectivity index (χ3v) is 4.56. The van der Waals surface area contributed by atoms with Gasteiger partial charge in [-0.1, -0.05) is 0 Å². The van der Waals surface area contributed by atoms with Crippen LogP contribution in [0, 0.1) is 0 Å². The van der Waals surface area contributed by atoms with Gasteiger partial charge in [-0.15, -0.1) is 11.3 Å². The lowest BCUT2D eigenvalue weighted by atomic mass is 10.2. The van der Waals surface area contributed by atoms with Crippen LogP contribution in [-0.4, -0.2) is 33.6 Å². The lowest BCUT2D eigenvalue weighted by Gasteiger charge is -2.21. The van der Waals surface area contributed by atoms with Crippen molar-refractivity contribution in [2.45, 2.75) is 25.4 Å². The van der Waals surface area contributed by atoms with Gasteiger partial charge in [0.05, 0.1) is 5.69 Å². The third-order valence-electron chi connectivity index (χ3n) is 2.47. The quantitative estimate of drug-likeness (QED) is 0.862. The minimum atomic E-state index is -0.940. The molecule has 1 unspecified atom stereocenters. The first-order valence-corrected chi connectivity index (χ1v) is 7.28. The number of hydrogen-bond donors (Lipinski definition) is 2. The first-order valence-electron chi connectivity index (χ1n) is 5.24. The van der Waals surface area contributed by atoms with Gasteiger partial charge in [0.2, 0.25) is 5.01 Å². The molecule has 1 atom stereocenters. The summed E-state index contributed by atoms with van der Waals surface area (Å²) in [5, 5.41) is 14.1. The highest BCUT2D eigenvalue weighted by molar-refractivity contribution is 7.99. The zero-order valence-corrected chi connectivity index (χ0v) is 10.4. The van der Waals surface area contributed by atoms with E-state index in [9.17, 15) is 4.79 Å². The van der Waals surface area contributed by atoms with Gasteiger partial charge in [0, 0.05) is 23.7 Å². The molecule has 2 N–H and O–H groups in total. The Kier molecular flexibility index (Phi) is 4.20. The molecule has 1 aromatic rings. The summed E-state index contributed by atoms with van der Waals surface area (Å²) in [5.41, 5.74) is 0.831. The smallest absolute Gasteiger partial charge is 0.365 e. The summed E-state index contributed by atoms with van der Waals surface area (Å²) in [6, 6.07) is 0.550. The molecule has 1 aromatic heterocycles. The average molecular weight is 258 g/mol. The van der Waals surface area contributed by atoms with Crippen LogP contribution in [0.4, 0.5) is 0 Å². The Balaban J connectivity index is 1.81. The van der Waals surface area contributed by atoms with Crippen molar-refractivity contribution in [2.75, 3.05) is 11.5 Å². The molecule has 0 spiro atoms. The number of thiazole rings is 1. The fourth-order valence-corrected chi connectivity index (χ4v) is 3.40. The van der Waals surface area contributed by atoms with Crippen LogP contribution < -0.4 is 5.32 Å². The highest BCUT2D eigenvalue weighted by atomic mass is 32.2. The summed E-state index contributed by atoms with van der Waals surface area (Å²) in [4.78, 5) is 14.7. The van der Waals surface area contributed by atoms with Gasteiger partial charge in [0.1, 0.15) is 0 Å². The molecule has 0 aliphatic carbocycles. The molecule has 2 heterocycles. The largest absolute Gasteiger partial charge is 0.476 e. The van der Waals surface area contributed by atoms with E-state index < -0.39 is 5.97 Å². The van der Waals surface area contributed by atoms with Crippen molar-refractivity contribution in [3.05, 3.63) is 16.1 Å². The number of carboxylic acids is 1. The van der Waals surface area contributed by atoms with Crippen LogP contribution in [0.25, 0.3) is 0 Å². The Hall–Kier alpha value is -0.590. The fraction of sp³-hybridized carbons (Fsp3) is 0.600. The molecular weight excluding hydrogens is 244 g/mol. The summed E-state index contributed by atoms with van der Waals surface area (Å²) >= 11 is 3.16. The maximum atomic E-state index is 10.6. The maximum Gasteiger partial charge on any atom is 0.365 e. The zero-order valence-electron chi connectivity index (χ0n) is 8.81. The SMILES string of the molecule is O=C(O)c1nc(CNC2CCCSC2)cs1. The van der Waals surface area contributed by atoms with E-state index in [2.05, 4.69) is 10.3 Å². The normalized spacial score (nSPS) is 20.9. The van der Waals surface area contributed by atoms with Gasteiger partial charge >= 0.3 is 5.97 Å². The molecule has 0 radical (unpaired) electrons. The van der Waals surface area contributed by atoms with Crippen molar-refractivity contribution in [3.8, 4) is 0 Å². The van der Waals surface area contributed by atoms with Crippen LogP contribution in [0.15, 0.2) is 5.38 Å². The molecule has 88 valence electrons. The van der Waals surface area contributed by atoms with Crippen LogP contribution in [0.1, 0.15) is 28.3 Å². The van der Waals surface area contributed by atoms with E-state index in [1.807, 2.05) is 17.1 Å². The predicted octanol–water partition coefficient (Wildman–Crippen LogP) is 1.83. The number of hydrogen-bond acceptors (Lipinski definition) is 5. The van der Waals surface area contributed by atoms with E-state index in [1.165, 1.54) is 29.9 Å². The second kappa shape index (κ2) is 5.65. The molecule has 2 rings (SSSR count). The van der Waals surface area contributed by atoms with Crippen molar-refractivity contribution < 1.29 is 9.90 Å². The topological polar surface area (TPSA) is 62.2 Å². The van der Waals surface area contributed by atoms with E-state index in [4.69, 9.17) is 5.11 Å². The lowest BCUT2D eigenvalue weighted by molar-refractivity contribution is 0.0696. The van der Waals surface area contributed by atoms with Crippen LogP contribution in [0.3, 0.4) is 0 Å². The molecule has 0 bridgehead atoms. The number of carboxylic acid groups (broad SMARTS) is 1. The summed E-state index contributed by atoms with van der Waals surface area (Å²) in [6.07, 6.45) is 2.47. The Morgan fingerprint density at radius 1 is 1.69 bits per heavy atom. The number of nitrogens with one attached hydrogen (secondary N) is 1. The first-order chi connectivity index (χ1) is 7.75. The van der Waals surface area contributed by atoms with Crippen LogP contribution in [0.2, 0.25) is 0 Å². The molecular formula is C10H14N2O2S2. The number of nitrogens with zero attached hydrogens (tertiary/aromatic N) is 1. The summed E-state index contributed by atoms with van der Waals surface area (Å²) < 4.78 is 0. The lowest BCUT2D eigenvalue weighted by Crippen LogP contribution is -2.33. The molecule has 0 saturated carbocycles. The minimum absolute atomic E-state index is 0.176. The van der Waals surface area contributed by atoms with Gasteiger partial charge in [-0.05, 0) is 18.6 Å². The molecule has 4 nitrogen and oxygen atoms in total. The van der Waals surface area contributed by atoms with E-state index in [-0.39, 0.29) is 5.01 Å². The van der Waals surface area contributed by atoms with Crippen molar-refractivity contribution in [1.82, 2.24) is 10.3 Å². The number of thioether (sulfide) groups is 1. The molecule has 16 heavy (non-hydrogen) atoms. The predicted molar refractivity (Wildman–Crippen MR) is 66.3 cm³/mol. The van der Waals surface area contributed by atoms with Crippen LogP contribution >= 0.6 is 23.1 Å². The monoisotopic (exact) mass is 258 g/mol. The highest BCUT2D eigenvalue weighted by Gasteiger charge is 2.14. The van der Waals surface area contributed by atoms with Crippen molar-refractivity contribution in [1.29, 1.82) is 0 Å². The molecule has 0 aromatic carbocycles. The Labute approximate surface area is 102 Å². The van der Waals surface area contributed by atoms with E-state index >= 15 is 0 Å². The van der Waals surface area contributed by atoms with Crippen molar-refractivity contribution in [2.24, 2.45) is 0 Å². The molecule has 1 saturated heterocycles. The van der Waals surface area contributed by atoms with Crippen molar-refractivity contribution in [3.63, 3.8) is 0 Å². The molecule has 1 aliphatic heterocycles. The average Bonchev–Trinajstić information content (AvgIpc) is 2.76. The van der Waals surface area contributed by atoms with Gasteiger partial charge in [0.25, 0.3) is 0 Å². The third kappa shape index (κ3) is 3.20. The zero-order chi connectivity index (χ0) is 11.4. The van der Waals surface area contributed by atoms with E-state index in [1.54, 1.807) is 0 Å². The van der Waals surface area contributed by atoms with Gasteiger partial charge in [-0.25, -0.2) is 9.78 Å². The molecule has 1 fully saturated rings. The van der Waals surface area contributed by atoms with Crippen LogP contribution in [-0.2, 0) is 6.54 Å². The number of aromatic nitrogens is 1. The summed E-state index contributed by atoms with van der Waals surface area (Å²) in [5.74, 6) is 1.47. The Morgan fingerprint density at radius 3 is 3.19 bits per heavy atom. The molecule has 0 amide bonds. The highest BCUT2D eigenvalue weighted by Crippen LogP contribution is 2.17. The van der Waals surface area contributed by atoms with Gasteiger partial charge < -0.3 is 10.4 Å². The second-order valence-corrected chi connectivity index (χ2v) is 5.75. The fourth-order valence-electron chi connectivity index (χ4n) is 1.64. The Bertz CT molecular complexity index is 361. The van der Waals surface area contributed by atoms with Crippen molar-refractivity contribution >= 4 is 29.1 Å². The molecule has 1 aliphatic rings. The van der Waals surface area contributed by atoms with Gasteiger partial charge in [-0.2, -0.15) is 11.8 Å². The standard InChI is InChI=1S/C10H14N2O2S2/c13-10(14)9-12-8(6-16-9)4-11-7-2-1-3-15-5-7/h6-7,11H,1-5H2,(H,13,14). The minimum Gasteiger partial charge on any atom is -0.476 e. The van der Waals surface area contributed by atoms with Crippen LogP contribution in [0.5, 0.6) is 0 Å². The van der Waals surface area contributed by atoms with Gasteiger partial charge in [0.15, 0.2) is 0 Å². The van der Waals surface area contributed by atoms with E-state index in [0.717, 1.165) is 11.4 Å². The number of aromatic carboxylic acids is 1. The van der Waals surface area contributed by atoms with Gasteiger partial charge in [-0.3, -0.25) is 0 Å². The number of carbonyl (C=O) groups is 1. The first kappa shape index (κ1) is 11.9. The maximum absolute atomic E-state index is 10.6.